The summed E-state index contributed by atoms with van der Waals surface area (Å²) in [7, 11) is 0. The fourth-order valence-corrected chi connectivity index (χ4v) is 2.94. The second-order valence-electron chi connectivity index (χ2n) is 4.83. The molecule has 0 aliphatic rings. The highest BCUT2D eigenvalue weighted by Crippen LogP contribution is 2.30. The summed E-state index contributed by atoms with van der Waals surface area (Å²) in [4.78, 5) is 5.29. The zero-order valence-corrected chi connectivity index (χ0v) is 12.7. The zero-order valence-electron chi connectivity index (χ0n) is 11.1. The summed E-state index contributed by atoms with van der Waals surface area (Å²) in [6.45, 7) is 5.79. The van der Waals surface area contributed by atoms with Crippen LogP contribution in [0.5, 0.6) is 5.75 Å². The third kappa shape index (κ3) is 3.69. The van der Waals surface area contributed by atoms with E-state index in [1.54, 1.807) is 26.0 Å². The molecule has 0 atom stereocenters. The van der Waals surface area contributed by atoms with E-state index in [0.29, 0.717) is 17.4 Å². The number of aromatic nitrogens is 1. The van der Waals surface area contributed by atoms with Crippen LogP contribution in [0.25, 0.3) is 0 Å². The molecule has 0 amide bonds. The van der Waals surface area contributed by atoms with Gasteiger partial charge in [-0.05, 0) is 39.0 Å². The van der Waals surface area contributed by atoms with Gasteiger partial charge in [0.05, 0.1) is 16.2 Å². The topological polar surface area (TPSA) is 42.4 Å². The number of aryl methyl sites for hydroxylation is 1. The maximum absolute atomic E-state index is 10.0. The summed E-state index contributed by atoms with van der Waals surface area (Å²) < 4.78 is 5.64. The fourth-order valence-electron chi connectivity index (χ4n) is 1.78. The van der Waals surface area contributed by atoms with Crippen LogP contribution in [0.15, 0.2) is 24.3 Å². The molecule has 0 radical (unpaired) electrons. The van der Waals surface area contributed by atoms with Gasteiger partial charge in [0, 0.05) is 5.02 Å². The van der Waals surface area contributed by atoms with Crippen molar-refractivity contribution in [2.45, 2.75) is 33.0 Å². The summed E-state index contributed by atoms with van der Waals surface area (Å²) in [5.74, 6) is 0.713. The molecule has 0 saturated heterocycles. The SMILES string of the molecule is Cc1nc(COc2cccc(Cl)c2)sc1C(C)(C)O. The van der Waals surface area contributed by atoms with E-state index in [4.69, 9.17) is 16.3 Å². The van der Waals surface area contributed by atoms with E-state index in [1.165, 1.54) is 11.3 Å². The van der Waals surface area contributed by atoms with Crippen molar-refractivity contribution < 1.29 is 9.84 Å². The first-order valence-electron chi connectivity index (χ1n) is 5.94. The molecule has 0 aliphatic carbocycles. The number of halogens is 1. The van der Waals surface area contributed by atoms with Gasteiger partial charge in [0.1, 0.15) is 17.4 Å². The Morgan fingerprint density at radius 2 is 2.16 bits per heavy atom. The lowest BCUT2D eigenvalue weighted by Gasteiger charge is -2.14. The number of benzene rings is 1. The van der Waals surface area contributed by atoms with Gasteiger partial charge in [-0.15, -0.1) is 11.3 Å². The van der Waals surface area contributed by atoms with Gasteiger partial charge in [-0.25, -0.2) is 4.98 Å². The third-order valence-electron chi connectivity index (χ3n) is 2.55. The van der Waals surface area contributed by atoms with Crippen LogP contribution in [-0.2, 0) is 12.2 Å². The minimum absolute atomic E-state index is 0.377. The lowest BCUT2D eigenvalue weighted by Crippen LogP contribution is -2.14. The molecule has 1 aromatic heterocycles. The molecular formula is C14H16ClNO2S. The maximum atomic E-state index is 10.0. The number of ether oxygens (including phenoxy) is 1. The molecule has 19 heavy (non-hydrogen) atoms. The Hall–Kier alpha value is -1.10. The molecule has 0 saturated carbocycles. The summed E-state index contributed by atoms with van der Waals surface area (Å²) in [6, 6.07) is 7.25. The fraction of sp³-hybridized carbons (Fsp3) is 0.357. The Morgan fingerprint density at radius 1 is 1.42 bits per heavy atom. The van der Waals surface area contributed by atoms with E-state index in [2.05, 4.69) is 4.98 Å². The van der Waals surface area contributed by atoms with Gasteiger partial charge >= 0.3 is 0 Å². The van der Waals surface area contributed by atoms with Crippen LogP contribution in [0.2, 0.25) is 5.02 Å². The Morgan fingerprint density at radius 3 is 2.74 bits per heavy atom. The summed E-state index contributed by atoms with van der Waals surface area (Å²) >= 11 is 7.36. The van der Waals surface area contributed by atoms with Crippen LogP contribution in [0.4, 0.5) is 0 Å². The number of nitrogens with zero attached hydrogens (tertiary/aromatic N) is 1. The van der Waals surface area contributed by atoms with Crippen molar-refractivity contribution in [2.75, 3.05) is 0 Å². The number of hydrogen-bond donors (Lipinski definition) is 1. The predicted molar refractivity (Wildman–Crippen MR) is 77.9 cm³/mol. The molecule has 1 N–H and O–H groups in total. The highest BCUT2D eigenvalue weighted by Gasteiger charge is 2.22. The number of hydrogen-bond acceptors (Lipinski definition) is 4. The third-order valence-corrected chi connectivity index (χ3v) is 4.23. The molecule has 0 aliphatic heterocycles. The van der Waals surface area contributed by atoms with E-state index in [1.807, 2.05) is 19.1 Å². The second-order valence-corrected chi connectivity index (χ2v) is 6.35. The van der Waals surface area contributed by atoms with Crippen molar-refractivity contribution in [1.29, 1.82) is 0 Å². The van der Waals surface area contributed by atoms with Gasteiger partial charge in [0.25, 0.3) is 0 Å². The summed E-state index contributed by atoms with van der Waals surface area (Å²) in [6.07, 6.45) is 0. The number of aliphatic hydroxyl groups is 1. The first-order chi connectivity index (χ1) is 8.86. The van der Waals surface area contributed by atoms with Crippen LogP contribution in [0, 0.1) is 6.92 Å². The Balaban J connectivity index is 2.09. The largest absolute Gasteiger partial charge is 0.486 e. The molecule has 102 valence electrons. The molecule has 0 unspecified atom stereocenters. The van der Waals surface area contributed by atoms with Crippen molar-refractivity contribution >= 4 is 22.9 Å². The highest BCUT2D eigenvalue weighted by atomic mass is 35.5. The lowest BCUT2D eigenvalue weighted by atomic mass is 10.1. The molecule has 5 heteroatoms. The smallest absolute Gasteiger partial charge is 0.140 e. The van der Waals surface area contributed by atoms with Gasteiger partial charge in [-0.3, -0.25) is 0 Å². The molecule has 1 aromatic carbocycles. The van der Waals surface area contributed by atoms with E-state index < -0.39 is 5.60 Å². The first-order valence-corrected chi connectivity index (χ1v) is 7.13. The summed E-state index contributed by atoms with van der Waals surface area (Å²) in [5, 5.41) is 11.5. The molecule has 2 aromatic rings. The van der Waals surface area contributed by atoms with E-state index >= 15 is 0 Å². The second kappa shape index (κ2) is 5.49. The monoisotopic (exact) mass is 297 g/mol. The predicted octanol–water partition coefficient (Wildman–Crippen LogP) is 3.91. The molecule has 2 rings (SSSR count). The van der Waals surface area contributed by atoms with Crippen LogP contribution in [-0.4, -0.2) is 10.1 Å². The Bertz CT molecular complexity index is 575. The first kappa shape index (κ1) is 14.3. The van der Waals surface area contributed by atoms with E-state index in [0.717, 1.165) is 15.6 Å². The number of thiazole rings is 1. The number of rotatable bonds is 4. The van der Waals surface area contributed by atoms with Crippen LogP contribution >= 0.6 is 22.9 Å². The van der Waals surface area contributed by atoms with E-state index in [-0.39, 0.29) is 0 Å². The molecular weight excluding hydrogens is 282 g/mol. The molecule has 0 fully saturated rings. The molecule has 0 spiro atoms. The van der Waals surface area contributed by atoms with Crippen LogP contribution in [0.3, 0.4) is 0 Å². The van der Waals surface area contributed by atoms with Crippen molar-refractivity contribution in [3.8, 4) is 5.75 Å². The van der Waals surface area contributed by atoms with Gasteiger partial charge in [-0.1, -0.05) is 17.7 Å². The lowest BCUT2D eigenvalue weighted by molar-refractivity contribution is 0.0817. The van der Waals surface area contributed by atoms with Gasteiger partial charge in [-0.2, -0.15) is 0 Å². The average molecular weight is 298 g/mol. The minimum atomic E-state index is -0.865. The zero-order chi connectivity index (χ0) is 14.0. The standard InChI is InChI=1S/C14H16ClNO2S/c1-9-13(14(2,3)17)19-12(16-9)8-18-11-6-4-5-10(15)7-11/h4-7,17H,8H2,1-3H3. The van der Waals surface area contributed by atoms with Crippen molar-refractivity contribution in [1.82, 2.24) is 4.98 Å². The normalized spacial score (nSPS) is 11.6. The van der Waals surface area contributed by atoms with Crippen molar-refractivity contribution in [3.63, 3.8) is 0 Å². The quantitative estimate of drug-likeness (QED) is 0.930. The maximum Gasteiger partial charge on any atom is 0.140 e. The highest BCUT2D eigenvalue weighted by molar-refractivity contribution is 7.11. The van der Waals surface area contributed by atoms with Gasteiger partial charge in [0.2, 0.25) is 0 Å². The Labute approximate surface area is 121 Å². The van der Waals surface area contributed by atoms with E-state index in [9.17, 15) is 5.11 Å². The summed E-state index contributed by atoms with van der Waals surface area (Å²) in [5.41, 5.74) is -0.0158. The van der Waals surface area contributed by atoms with Gasteiger partial charge < -0.3 is 9.84 Å². The minimum Gasteiger partial charge on any atom is -0.486 e. The Kier molecular flexibility index (Phi) is 4.13. The van der Waals surface area contributed by atoms with Crippen LogP contribution < -0.4 is 4.74 Å². The van der Waals surface area contributed by atoms with Gasteiger partial charge in [0.15, 0.2) is 0 Å². The van der Waals surface area contributed by atoms with Crippen LogP contribution in [0.1, 0.15) is 29.4 Å². The molecule has 0 bridgehead atoms. The van der Waals surface area contributed by atoms with Crippen molar-refractivity contribution in [2.24, 2.45) is 0 Å². The molecule has 3 nitrogen and oxygen atoms in total. The average Bonchev–Trinajstić information content (AvgIpc) is 2.68. The molecule has 1 heterocycles. The van der Waals surface area contributed by atoms with Crippen molar-refractivity contribution in [3.05, 3.63) is 44.9 Å².